The van der Waals surface area contributed by atoms with Gasteiger partial charge in [-0.3, -0.25) is 0 Å². The van der Waals surface area contributed by atoms with Gasteiger partial charge >= 0.3 is 17.1 Å². The molecule has 0 radical (unpaired) electrons. The zero-order chi connectivity index (χ0) is 4.99. The third-order valence-corrected chi connectivity index (χ3v) is 0.658. The molecule has 0 rings (SSSR count). The molecule has 7 heavy (non-hydrogen) atoms. The van der Waals surface area contributed by atoms with Crippen molar-refractivity contribution < 1.29 is 21.9 Å². The minimum absolute atomic E-state index is 0. The maximum Gasteiger partial charge on any atom is 1.00 e. The summed E-state index contributed by atoms with van der Waals surface area (Å²) in [7, 11) is 0. The molecule has 0 saturated heterocycles. The predicted octanol–water partition coefficient (Wildman–Crippen LogP) is 0.857. The number of hydrogen-bond acceptors (Lipinski definition) is 2. The van der Waals surface area contributed by atoms with E-state index in [-0.39, 0.29) is 22.2 Å². The third-order valence-electron chi connectivity index (χ3n) is 0.454. The molecule has 0 aromatic carbocycles. The summed E-state index contributed by atoms with van der Waals surface area (Å²) in [5, 5.41) is -0.127. The van der Waals surface area contributed by atoms with Gasteiger partial charge in [-0.2, -0.15) is 0 Å². The molecule has 0 aromatic heterocycles. The Labute approximate surface area is 59.7 Å². The van der Waals surface area contributed by atoms with Crippen molar-refractivity contribution in [2.75, 3.05) is 0 Å². The molecule has 0 atom stereocenters. The fourth-order valence-corrected chi connectivity index (χ4v) is 0.408. The number of hydrogen-bond donors (Lipinski definition) is 0. The standard InChI is InChI=1S/C4H8OS.Cu/c1-2-3-4(5)6;/h2-3H2,1H3,(H,5,6);/q;+1/p-1. The minimum atomic E-state index is -0.127. The van der Waals surface area contributed by atoms with Crippen LogP contribution in [-0.2, 0) is 34.5 Å². The summed E-state index contributed by atoms with van der Waals surface area (Å²) >= 11 is 4.24. The zero-order valence-corrected chi connectivity index (χ0v) is 5.79. The van der Waals surface area contributed by atoms with Gasteiger partial charge in [-0.1, -0.05) is 13.3 Å². The Kier molecular flexibility index (Phi) is 9.52. The van der Waals surface area contributed by atoms with Gasteiger partial charge in [0, 0.05) is 5.12 Å². The van der Waals surface area contributed by atoms with E-state index in [4.69, 9.17) is 0 Å². The normalized spacial score (nSPS) is 7.00. The number of carbonyl (C=O) groups is 1. The molecule has 0 aliphatic carbocycles. The third kappa shape index (κ3) is 10.7. The van der Waals surface area contributed by atoms with Gasteiger partial charge in [-0.15, -0.1) is 0 Å². The molecule has 0 fully saturated rings. The van der Waals surface area contributed by atoms with E-state index in [1.165, 1.54) is 0 Å². The SMILES string of the molecule is CCCC(=O)[S-].[Cu+]. The van der Waals surface area contributed by atoms with E-state index < -0.39 is 0 Å². The Hall–Kier alpha value is 0.409. The molecule has 3 heteroatoms. The van der Waals surface area contributed by atoms with Crippen LogP contribution in [0.5, 0.6) is 0 Å². The topological polar surface area (TPSA) is 17.1 Å². The van der Waals surface area contributed by atoms with Crippen molar-refractivity contribution in [3.8, 4) is 0 Å². The van der Waals surface area contributed by atoms with E-state index in [1.807, 2.05) is 6.92 Å². The summed E-state index contributed by atoms with van der Waals surface area (Å²) in [4.78, 5) is 9.86. The maximum atomic E-state index is 9.86. The molecular weight excluding hydrogens is 160 g/mol. The van der Waals surface area contributed by atoms with Crippen LogP contribution in [0.2, 0.25) is 0 Å². The van der Waals surface area contributed by atoms with E-state index in [1.54, 1.807) is 0 Å². The average molecular weight is 167 g/mol. The Morgan fingerprint density at radius 1 is 1.71 bits per heavy atom. The molecule has 0 unspecified atom stereocenters. The first-order chi connectivity index (χ1) is 2.77. The van der Waals surface area contributed by atoms with Crippen LogP contribution in [-0.4, -0.2) is 5.12 Å². The molecule has 0 bridgehead atoms. The van der Waals surface area contributed by atoms with E-state index >= 15 is 0 Å². The maximum absolute atomic E-state index is 9.86. The zero-order valence-electron chi connectivity index (χ0n) is 4.03. The van der Waals surface area contributed by atoms with Crippen molar-refractivity contribution in [2.24, 2.45) is 0 Å². The summed E-state index contributed by atoms with van der Waals surface area (Å²) in [6, 6.07) is 0. The van der Waals surface area contributed by atoms with E-state index in [0.29, 0.717) is 6.42 Å². The van der Waals surface area contributed by atoms with Crippen LogP contribution in [0.15, 0.2) is 0 Å². The minimum Gasteiger partial charge on any atom is -0.742 e. The van der Waals surface area contributed by atoms with Crippen molar-refractivity contribution in [2.45, 2.75) is 19.8 Å². The second-order valence-corrected chi connectivity index (χ2v) is 1.58. The van der Waals surface area contributed by atoms with Crippen LogP contribution >= 0.6 is 0 Å². The fourth-order valence-electron chi connectivity index (χ4n) is 0.204. The van der Waals surface area contributed by atoms with Crippen molar-refractivity contribution >= 4 is 17.7 Å². The molecule has 0 aliphatic rings. The van der Waals surface area contributed by atoms with Crippen molar-refractivity contribution in [1.29, 1.82) is 0 Å². The summed E-state index contributed by atoms with van der Waals surface area (Å²) in [5.41, 5.74) is 0. The predicted molar refractivity (Wildman–Crippen MR) is 27.3 cm³/mol. The van der Waals surface area contributed by atoms with Crippen molar-refractivity contribution in [3.05, 3.63) is 0 Å². The van der Waals surface area contributed by atoms with Gasteiger partial charge in [0.1, 0.15) is 0 Å². The van der Waals surface area contributed by atoms with Crippen molar-refractivity contribution in [1.82, 2.24) is 0 Å². The summed E-state index contributed by atoms with van der Waals surface area (Å²) in [6.07, 6.45) is 1.43. The van der Waals surface area contributed by atoms with Gasteiger partial charge in [-0.05, 0) is 6.42 Å². The molecule has 0 amide bonds. The molecule has 0 N–H and O–H groups in total. The molecule has 46 valence electrons. The number of carbonyl (C=O) groups excluding carboxylic acids is 1. The quantitative estimate of drug-likeness (QED) is 0.447. The number of rotatable bonds is 2. The molecular formula is C4H7CuOS. The monoisotopic (exact) mass is 166 g/mol. The van der Waals surface area contributed by atoms with E-state index in [0.717, 1.165) is 6.42 Å². The molecule has 0 aliphatic heterocycles. The van der Waals surface area contributed by atoms with Crippen LogP contribution in [0.3, 0.4) is 0 Å². The summed E-state index contributed by atoms with van der Waals surface area (Å²) < 4.78 is 0. The molecule has 0 aromatic rings. The molecule has 0 saturated carbocycles. The van der Waals surface area contributed by atoms with Crippen LogP contribution in [0, 0.1) is 0 Å². The van der Waals surface area contributed by atoms with Gasteiger partial charge in [-0.25, -0.2) is 0 Å². The van der Waals surface area contributed by atoms with Gasteiger partial charge in [0.15, 0.2) is 0 Å². The van der Waals surface area contributed by atoms with Gasteiger partial charge in [0.05, 0.1) is 0 Å². The second-order valence-electron chi connectivity index (χ2n) is 1.12. The average Bonchev–Trinajstić information content (AvgIpc) is 1.35. The second kappa shape index (κ2) is 6.41. The Balaban J connectivity index is 0. The van der Waals surface area contributed by atoms with E-state index in [2.05, 4.69) is 12.6 Å². The van der Waals surface area contributed by atoms with E-state index in [9.17, 15) is 4.79 Å². The van der Waals surface area contributed by atoms with Crippen LogP contribution in [0.25, 0.3) is 0 Å². The summed E-state index contributed by atoms with van der Waals surface area (Å²) in [5.74, 6) is 0. The largest absolute Gasteiger partial charge is 1.00 e. The molecule has 0 heterocycles. The van der Waals surface area contributed by atoms with Gasteiger partial charge in [0.25, 0.3) is 0 Å². The first-order valence-electron chi connectivity index (χ1n) is 1.97. The fraction of sp³-hybridized carbons (Fsp3) is 0.750. The smallest absolute Gasteiger partial charge is 0.742 e. The Morgan fingerprint density at radius 2 is 2.14 bits per heavy atom. The molecule has 1 nitrogen and oxygen atoms in total. The summed E-state index contributed by atoms with van der Waals surface area (Å²) in [6.45, 7) is 1.93. The van der Waals surface area contributed by atoms with Gasteiger partial charge in [0.2, 0.25) is 0 Å². The van der Waals surface area contributed by atoms with Crippen molar-refractivity contribution in [3.63, 3.8) is 0 Å². The molecule has 0 spiro atoms. The first-order valence-corrected chi connectivity index (χ1v) is 2.38. The first kappa shape index (κ1) is 10.4. The van der Waals surface area contributed by atoms with Crippen LogP contribution in [0.4, 0.5) is 0 Å². The van der Waals surface area contributed by atoms with Gasteiger partial charge < -0.3 is 17.4 Å². The Morgan fingerprint density at radius 3 is 2.14 bits per heavy atom. The van der Waals surface area contributed by atoms with Crippen LogP contribution in [0.1, 0.15) is 19.8 Å². The van der Waals surface area contributed by atoms with Crippen LogP contribution < -0.4 is 0 Å². The Bertz CT molecular complexity index is 55.7.